The summed E-state index contributed by atoms with van der Waals surface area (Å²) in [6, 6.07) is 4.01. The van der Waals surface area contributed by atoms with E-state index in [0.717, 1.165) is 5.56 Å². The van der Waals surface area contributed by atoms with Crippen LogP contribution in [0, 0.1) is 0 Å². The molecule has 1 aromatic carbocycles. The molecule has 1 aliphatic heterocycles. The average Bonchev–Trinajstić information content (AvgIpc) is 2.82. The molecule has 7 nitrogen and oxygen atoms in total. The van der Waals surface area contributed by atoms with Crippen LogP contribution in [0.15, 0.2) is 18.2 Å². The van der Waals surface area contributed by atoms with E-state index in [0.29, 0.717) is 18.0 Å². The smallest absolute Gasteiger partial charge is 0.312 e. The number of primary amides is 1. The second-order valence-electron chi connectivity index (χ2n) is 4.14. The number of urea groups is 1. The number of benzene rings is 1. The van der Waals surface area contributed by atoms with E-state index in [1.54, 1.807) is 19.1 Å². The molecule has 0 unspecified atom stereocenters. The summed E-state index contributed by atoms with van der Waals surface area (Å²) in [5, 5.41) is 4.99. The Morgan fingerprint density at radius 2 is 2.11 bits per heavy atom. The summed E-state index contributed by atoms with van der Waals surface area (Å²) in [5.41, 5.74) is 5.82. The number of nitrogens with two attached hydrogens (primary N) is 1. The maximum absolute atomic E-state index is 11.6. The van der Waals surface area contributed by atoms with E-state index in [9.17, 15) is 9.59 Å². The average molecular weight is 265 g/mol. The first-order valence-corrected chi connectivity index (χ1v) is 5.78. The number of hydrogen-bond donors (Lipinski definition) is 3. The molecule has 2 rings (SSSR count). The molecule has 0 fully saturated rings. The van der Waals surface area contributed by atoms with Crippen LogP contribution in [0.25, 0.3) is 0 Å². The Balaban J connectivity index is 1.88. The fourth-order valence-corrected chi connectivity index (χ4v) is 1.67. The van der Waals surface area contributed by atoms with E-state index in [-0.39, 0.29) is 12.7 Å². The number of carbonyl (C=O) groups is 2. The highest BCUT2D eigenvalue weighted by atomic mass is 16.7. The van der Waals surface area contributed by atoms with Gasteiger partial charge in [0, 0.05) is 6.54 Å². The third kappa shape index (κ3) is 3.27. The van der Waals surface area contributed by atoms with Crippen molar-refractivity contribution in [3.05, 3.63) is 23.8 Å². The lowest BCUT2D eigenvalue weighted by Crippen LogP contribution is -2.46. The van der Waals surface area contributed by atoms with Gasteiger partial charge in [-0.3, -0.25) is 4.79 Å². The minimum atomic E-state index is -0.731. The molecule has 0 saturated carbocycles. The molecule has 0 saturated heterocycles. The molecule has 1 atom stereocenters. The third-order valence-electron chi connectivity index (χ3n) is 2.66. The lowest BCUT2D eigenvalue weighted by molar-refractivity contribution is -0.122. The quantitative estimate of drug-likeness (QED) is 0.717. The van der Waals surface area contributed by atoms with Crippen LogP contribution < -0.4 is 25.8 Å². The third-order valence-corrected chi connectivity index (χ3v) is 2.66. The van der Waals surface area contributed by atoms with Gasteiger partial charge in [0.2, 0.25) is 12.7 Å². The molecular weight excluding hydrogens is 250 g/mol. The van der Waals surface area contributed by atoms with Crippen molar-refractivity contribution in [2.45, 2.75) is 19.5 Å². The monoisotopic (exact) mass is 265 g/mol. The van der Waals surface area contributed by atoms with E-state index >= 15 is 0 Å². The second kappa shape index (κ2) is 5.47. The van der Waals surface area contributed by atoms with Crippen molar-refractivity contribution < 1.29 is 19.1 Å². The van der Waals surface area contributed by atoms with Gasteiger partial charge in [-0.1, -0.05) is 6.07 Å². The summed E-state index contributed by atoms with van der Waals surface area (Å²) in [5.74, 6) is 1.05. The van der Waals surface area contributed by atoms with Crippen LogP contribution in [-0.4, -0.2) is 24.8 Å². The Bertz CT molecular complexity index is 504. The minimum Gasteiger partial charge on any atom is -0.454 e. The highest BCUT2D eigenvalue weighted by molar-refractivity contribution is 5.86. The first-order chi connectivity index (χ1) is 9.06. The molecule has 1 aliphatic rings. The van der Waals surface area contributed by atoms with E-state index in [4.69, 9.17) is 15.2 Å². The minimum absolute atomic E-state index is 0.213. The van der Waals surface area contributed by atoms with Crippen LogP contribution in [0.4, 0.5) is 4.79 Å². The zero-order valence-electron chi connectivity index (χ0n) is 10.4. The molecule has 1 heterocycles. The number of rotatable bonds is 4. The molecule has 4 N–H and O–H groups in total. The first-order valence-electron chi connectivity index (χ1n) is 5.78. The Hall–Kier alpha value is -2.44. The van der Waals surface area contributed by atoms with Gasteiger partial charge in [-0.05, 0) is 24.6 Å². The lowest BCUT2D eigenvalue weighted by Gasteiger charge is -2.12. The predicted octanol–water partition coefficient (Wildman–Crippen LogP) is 0.0883. The molecule has 0 bridgehead atoms. The standard InChI is InChI=1S/C12H15N3O4/c1-7(15-12(13)17)11(16)14-5-8-2-3-9-10(4-8)19-6-18-9/h2-4,7H,5-6H2,1H3,(H,14,16)(H3,13,15,17)/t7-/m0/s1. The molecule has 3 amide bonds. The van der Waals surface area contributed by atoms with Gasteiger partial charge in [0.15, 0.2) is 11.5 Å². The first kappa shape index (κ1) is 13.0. The number of nitrogens with one attached hydrogen (secondary N) is 2. The van der Waals surface area contributed by atoms with E-state index < -0.39 is 12.1 Å². The molecule has 19 heavy (non-hydrogen) atoms. The second-order valence-corrected chi connectivity index (χ2v) is 4.14. The zero-order chi connectivity index (χ0) is 13.8. The van der Waals surface area contributed by atoms with Crippen molar-refractivity contribution in [3.8, 4) is 11.5 Å². The van der Waals surface area contributed by atoms with E-state index in [1.165, 1.54) is 0 Å². The van der Waals surface area contributed by atoms with E-state index in [2.05, 4.69) is 10.6 Å². The van der Waals surface area contributed by atoms with Gasteiger partial charge in [-0.2, -0.15) is 0 Å². The van der Waals surface area contributed by atoms with Crippen molar-refractivity contribution >= 4 is 11.9 Å². The number of amides is 3. The molecule has 102 valence electrons. The van der Waals surface area contributed by atoms with Crippen LogP contribution in [0.3, 0.4) is 0 Å². The van der Waals surface area contributed by atoms with Gasteiger partial charge in [-0.15, -0.1) is 0 Å². The number of ether oxygens (including phenoxy) is 2. The molecule has 0 aliphatic carbocycles. The summed E-state index contributed by atoms with van der Waals surface area (Å²) in [6.45, 7) is 2.10. The molecule has 0 spiro atoms. The largest absolute Gasteiger partial charge is 0.454 e. The Labute approximate surface area is 110 Å². The van der Waals surface area contributed by atoms with Gasteiger partial charge in [-0.25, -0.2) is 4.79 Å². The van der Waals surface area contributed by atoms with Crippen LogP contribution in [-0.2, 0) is 11.3 Å². The summed E-state index contributed by atoms with van der Waals surface area (Å²) in [6.07, 6.45) is 0. The summed E-state index contributed by atoms with van der Waals surface area (Å²) < 4.78 is 10.4. The summed E-state index contributed by atoms with van der Waals surface area (Å²) in [4.78, 5) is 22.3. The van der Waals surface area contributed by atoms with Crippen LogP contribution in [0.1, 0.15) is 12.5 Å². The van der Waals surface area contributed by atoms with Gasteiger partial charge in [0.25, 0.3) is 0 Å². The predicted molar refractivity (Wildman–Crippen MR) is 66.6 cm³/mol. The van der Waals surface area contributed by atoms with Crippen LogP contribution in [0.2, 0.25) is 0 Å². The topological polar surface area (TPSA) is 103 Å². The fraction of sp³-hybridized carbons (Fsp3) is 0.333. The normalized spacial score (nSPS) is 13.7. The van der Waals surface area contributed by atoms with Crippen LogP contribution >= 0.6 is 0 Å². The van der Waals surface area contributed by atoms with Crippen LogP contribution in [0.5, 0.6) is 11.5 Å². The van der Waals surface area contributed by atoms with Crippen molar-refractivity contribution in [1.82, 2.24) is 10.6 Å². The van der Waals surface area contributed by atoms with Crippen molar-refractivity contribution in [2.75, 3.05) is 6.79 Å². The van der Waals surface area contributed by atoms with Gasteiger partial charge >= 0.3 is 6.03 Å². The van der Waals surface area contributed by atoms with Crippen molar-refractivity contribution in [1.29, 1.82) is 0 Å². The maximum atomic E-state index is 11.6. The number of hydrogen-bond acceptors (Lipinski definition) is 4. The highest BCUT2D eigenvalue weighted by Crippen LogP contribution is 2.32. The van der Waals surface area contributed by atoms with Crippen molar-refractivity contribution in [3.63, 3.8) is 0 Å². The lowest BCUT2D eigenvalue weighted by atomic mass is 10.2. The summed E-state index contributed by atoms with van der Waals surface area (Å²) >= 11 is 0. The van der Waals surface area contributed by atoms with Crippen molar-refractivity contribution in [2.24, 2.45) is 5.73 Å². The fourth-order valence-electron chi connectivity index (χ4n) is 1.67. The maximum Gasteiger partial charge on any atom is 0.312 e. The number of fused-ring (bicyclic) bond motifs is 1. The summed E-state index contributed by atoms with van der Waals surface area (Å²) in [7, 11) is 0. The molecular formula is C12H15N3O4. The molecule has 0 aromatic heterocycles. The van der Waals surface area contributed by atoms with E-state index in [1.807, 2.05) is 6.07 Å². The highest BCUT2D eigenvalue weighted by Gasteiger charge is 2.15. The SMILES string of the molecule is C[C@H](NC(N)=O)C(=O)NCc1ccc2c(c1)OCO2. The zero-order valence-corrected chi connectivity index (χ0v) is 10.4. The van der Waals surface area contributed by atoms with Gasteiger partial charge in [0.05, 0.1) is 0 Å². The Morgan fingerprint density at radius 3 is 2.84 bits per heavy atom. The van der Waals surface area contributed by atoms with Gasteiger partial charge < -0.3 is 25.8 Å². The molecule has 1 aromatic rings. The van der Waals surface area contributed by atoms with Gasteiger partial charge in [0.1, 0.15) is 6.04 Å². The number of carbonyl (C=O) groups excluding carboxylic acids is 2. The molecule has 0 radical (unpaired) electrons. The Kier molecular flexibility index (Phi) is 3.74. The Morgan fingerprint density at radius 1 is 1.37 bits per heavy atom. The molecule has 7 heteroatoms.